The van der Waals surface area contributed by atoms with Crippen LogP contribution >= 0.6 is 0 Å². The summed E-state index contributed by atoms with van der Waals surface area (Å²) >= 11 is 0. The van der Waals surface area contributed by atoms with Crippen molar-refractivity contribution in [1.82, 2.24) is 9.71 Å². The fourth-order valence-electron chi connectivity index (χ4n) is 1.99. The van der Waals surface area contributed by atoms with E-state index in [-0.39, 0.29) is 18.0 Å². The third-order valence-electron chi connectivity index (χ3n) is 3.18. The predicted molar refractivity (Wildman–Crippen MR) is 95.0 cm³/mol. The van der Waals surface area contributed by atoms with Gasteiger partial charge in [-0.2, -0.15) is 4.72 Å². The summed E-state index contributed by atoms with van der Waals surface area (Å²) in [5, 5.41) is 0. The Hall–Kier alpha value is -2.56. The number of pyridine rings is 1. The van der Waals surface area contributed by atoms with Crippen molar-refractivity contribution in [2.75, 3.05) is 19.8 Å². The van der Waals surface area contributed by atoms with Crippen molar-refractivity contribution in [3.63, 3.8) is 0 Å². The summed E-state index contributed by atoms with van der Waals surface area (Å²) < 4.78 is 37.7. The van der Waals surface area contributed by atoms with Crippen molar-refractivity contribution < 1.29 is 17.9 Å². The zero-order chi connectivity index (χ0) is 18.1. The van der Waals surface area contributed by atoms with Crippen molar-refractivity contribution in [3.8, 4) is 23.3 Å². The minimum Gasteiger partial charge on any atom is -0.494 e. The number of benzene rings is 1. The van der Waals surface area contributed by atoms with Crippen LogP contribution in [-0.4, -0.2) is 33.2 Å². The molecule has 0 saturated heterocycles. The molecule has 1 N–H and O–H groups in total. The van der Waals surface area contributed by atoms with Gasteiger partial charge in [0.25, 0.3) is 0 Å². The molecule has 0 unspecified atom stereocenters. The van der Waals surface area contributed by atoms with E-state index in [0.717, 1.165) is 5.56 Å². The van der Waals surface area contributed by atoms with Gasteiger partial charge in [0.05, 0.1) is 24.2 Å². The van der Waals surface area contributed by atoms with Crippen molar-refractivity contribution in [1.29, 1.82) is 0 Å². The molecule has 0 fully saturated rings. The lowest BCUT2D eigenvalue weighted by atomic mass is 10.2. The Labute approximate surface area is 148 Å². The average molecular weight is 360 g/mol. The normalized spacial score (nSPS) is 10.6. The minimum atomic E-state index is -3.61. The van der Waals surface area contributed by atoms with Crippen molar-refractivity contribution in [3.05, 3.63) is 48.3 Å². The first-order valence-corrected chi connectivity index (χ1v) is 9.23. The molecule has 0 radical (unpaired) electrons. The van der Waals surface area contributed by atoms with Gasteiger partial charge in [0.2, 0.25) is 10.0 Å². The highest BCUT2D eigenvalue weighted by molar-refractivity contribution is 7.89. The number of hydrogen-bond donors (Lipinski definition) is 1. The maximum atomic E-state index is 12.2. The average Bonchev–Trinajstić information content (AvgIpc) is 2.60. The van der Waals surface area contributed by atoms with E-state index in [2.05, 4.69) is 21.5 Å². The highest BCUT2D eigenvalue weighted by atomic mass is 32.2. The Morgan fingerprint density at radius 1 is 1.20 bits per heavy atom. The third kappa shape index (κ3) is 5.78. The molecular formula is C18H20N2O4S. The van der Waals surface area contributed by atoms with E-state index in [0.29, 0.717) is 18.1 Å². The Morgan fingerprint density at radius 2 is 2.04 bits per heavy atom. The Balaban J connectivity index is 1.87. The number of rotatable bonds is 7. The van der Waals surface area contributed by atoms with Crippen LogP contribution in [0.1, 0.15) is 12.5 Å². The minimum absolute atomic E-state index is 0.00495. The van der Waals surface area contributed by atoms with Crippen LogP contribution in [0.4, 0.5) is 0 Å². The van der Waals surface area contributed by atoms with Crippen LogP contribution in [0.3, 0.4) is 0 Å². The Morgan fingerprint density at radius 3 is 2.72 bits per heavy atom. The topological polar surface area (TPSA) is 77.5 Å². The van der Waals surface area contributed by atoms with Gasteiger partial charge in [-0.3, -0.25) is 4.98 Å². The van der Waals surface area contributed by atoms with Crippen LogP contribution in [-0.2, 0) is 10.0 Å². The molecule has 6 nitrogen and oxygen atoms in total. The van der Waals surface area contributed by atoms with E-state index < -0.39 is 10.0 Å². The molecule has 0 aliphatic heterocycles. The van der Waals surface area contributed by atoms with Gasteiger partial charge < -0.3 is 9.47 Å². The maximum absolute atomic E-state index is 12.2. The smallest absolute Gasteiger partial charge is 0.241 e. The first-order chi connectivity index (χ1) is 12.0. The lowest BCUT2D eigenvalue weighted by Gasteiger charge is -2.09. The predicted octanol–water partition coefficient (Wildman–Crippen LogP) is 2.15. The molecule has 2 rings (SSSR count). The first-order valence-electron chi connectivity index (χ1n) is 7.74. The summed E-state index contributed by atoms with van der Waals surface area (Å²) in [5.41, 5.74) is 0.765. The summed E-state index contributed by atoms with van der Waals surface area (Å²) in [6.45, 7) is 4.38. The van der Waals surface area contributed by atoms with Crippen molar-refractivity contribution in [2.45, 2.75) is 18.7 Å². The van der Waals surface area contributed by atoms with Gasteiger partial charge >= 0.3 is 0 Å². The van der Waals surface area contributed by atoms with Gasteiger partial charge in [0.15, 0.2) is 0 Å². The second kappa shape index (κ2) is 9.06. The lowest BCUT2D eigenvalue weighted by molar-refractivity contribution is 0.337. The zero-order valence-corrected chi connectivity index (χ0v) is 15.0. The zero-order valence-electron chi connectivity index (χ0n) is 14.2. The second-order valence-electron chi connectivity index (χ2n) is 5.02. The number of nitrogens with zero attached hydrogens (tertiary/aromatic N) is 1. The summed E-state index contributed by atoms with van der Waals surface area (Å²) in [7, 11) is -3.61. The Bertz CT molecular complexity index is 856. The number of aromatic nitrogens is 1. The molecule has 1 heterocycles. The molecule has 132 valence electrons. The summed E-state index contributed by atoms with van der Waals surface area (Å²) in [4.78, 5) is 4.10. The van der Waals surface area contributed by atoms with Gasteiger partial charge in [0, 0.05) is 6.20 Å². The standard InChI is InChI=1S/C18H20N2O4S/c1-3-23-18-9-8-17(13-15(18)2)25(21,22)20-11-4-5-12-24-16-7-6-10-19-14-16/h6-10,13-14,20H,3,11-12H2,1-2H3. The van der Waals surface area contributed by atoms with Crippen molar-refractivity contribution in [2.24, 2.45) is 0 Å². The molecule has 0 saturated carbocycles. The molecule has 0 spiro atoms. The molecule has 0 amide bonds. The van der Waals surface area contributed by atoms with Gasteiger partial charge in [0.1, 0.15) is 18.1 Å². The molecular weight excluding hydrogens is 340 g/mol. The molecule has 25 heavy (non-hydrogen) atoms. The molecule has 0 atom stereocenters. The molecule has 1 aromatic heterocycles. The van der Waals surface area contributed by atoms with E-state index >= 15 is 0 Å². The highest BCUT2D eigenvalue weighted by Crippen LogP contribution is 2.21. The molecule has 1 aromatic carbocycles. The van der Waals surface area contributed by atoms with Gasteiger partial charge in [-0.15, -0.1) is 0 Å². The maximum Gasteiger partial charge on any atom is 0.241 e. The van der Waals surface area contributed by atoms with Crippen LogP contribution < -0.4 is 14.2 Å². The number of nitrogens with one attached hydrogen (secondary N) is 1. The Kier molecular flexibility index (Phi) is 6.81. The van der Waals surface area contributed by atoms with E-state index in [1.165, 1.54) is 6.07 Å². The van der Waals surface area contributed by atoms with Crippen molar-refractivity contribution >= 4 is 10.0 Å². The fraction of sp³-hybridized carbons (Fsp3) is 0.278. The summed E-state index contributed by atoms with van der Waals surface area (Å²) in [6.07, 6.45) is 3.23. The van der Waals surface area contributed by atoms with Gasteiger partial charge in [-0.25, -0.2) is 8.42 Å². The third-order valence-corrected chi connectivity index (χ3v) is 4.58. The van der Waals surface area contributed by atoms with Crippen LogP contribution in [0, 0.1) is 18.8 Å². The van der Waals surface area contributed by atoms with Gasteiger partial charge in [-0.1, -0.05) is 11.8 Å². The lowest BCUT2D eigenvalue weighted by Crippen LogP contribution is -2.24. The van der Waals surface area contributed by atoms with Crippen LogP contribution in [0.2, 0.25) is 0 Å². The molecule has 0 aliphatic rings. The monoisotopic (exact) mass is 360 g/mol. The quantitative estimate of drug-likeness (QED) is 0.766. The second-order valence-corrected chi connectivity index (χ2v) is 6.78. The number of hydrogen-bond acceptors (Lipinski definition) is 5. The number of aryl methyl sites for hydroxylation is 1. The molecule has 2 aromatic rings. The first kappa shape index (κ1) is 18.8. The number of sulfonamides is 1. The van der Waals surface area contributed by atoms with Crippen LogP contribution in [0.5, 0.6) is 11.5 Å². The summed E-state index contributed by atoms with van der Waals surface area (Å²) in [6, 6.07) is 8.27. The summed E-state index contributed by atoms with van der Waals surface area (Å²) in [5.74, 6) is 6.75. The van der Waals surface area contributed by atoms with E-state index in [1.54, 1.807) is 43.6 Å². The number of ether oxygens (including phenoxy) is 2. The van der Waals surface area contributed by atoms with Crippen LogP contribution in [0.25, 0.3) is 0 Å². The highest BCUT2D eigenvalue weighted by Gasteiger charge is 2.14. The van der Waals surface area contributed by atoms with Gasteiger partial charge in [-0.05, 0) is 49.7 Å². The van der Waals surface area contributed by atoms with E-state index in [9.17, 15) is 8.42 Å². The molecule has 7 heteroatoms. The van der Waals surface area contributed by atoms with Crippen LogP contribution in [0.15, 0.2) is 47.6 Å². The largest absolute Gasteiger partial charge is 0.494 e. The molecule has 0 aliphatic carbocycles. The van der Waals surface area contributed by atoms with E-state index in [4.69, 9.17) is 9.47 Å². The SMILES string of the molecule is CCOc1ccc(S(=O)(=O)NCC#CCOc2cccnc2)cc1C. The molecule has 0 bridgehead atoms. The fourth-order valence-corrected chi connectivity index (χ4v) is 2.99. The van der Waals surface area contributed by atoms with E-state index in [1.807, 2.05) is 6.92 Å².